The third-order valence-electron chi connectivity index (χ3n) is 7.66. The van der Waals surface area contributed by atoms with Crippen LogP contribution in [-0.4, -0.2) is 97.7 Å². The van der Waals surface area contributed by atoms with Crippen molar-refractivity contribution in [2.45, 2.75) is 24.6 Å². The van der Waals surface area contributed by atoms with Crippen LogP contribution in [0.15, 0.2) is 48.5 Å². The quantitative estimate of drug-likeness (QED) is 0.575. The molecule has 2 aromatic carbocycles. The first-order valence-electron chi connectivity index (χ1n) is 13.0. The van der Waals surface area contributed by atoms with Crippen molar-refractivity contribution in [3.05, 3.63) is 64.7 Å². The number of carbonyl (C=O) groups is 2. The van der Waals surface area contributed by atoms with Crippen LogP contribution in [0, 0.1) is 5.92 Å². The fraction of sp³-hybridized carbons (Fsp3) is 0.500. The van der Waals surface area contributed by atoms with Crippen LogP contribution in [0.25, 0.3) is 0 Å². The number of piperidine rings is 1. The molecule has 2 aliphatic heterocycles. The highest BCUT2D eigenvalue weighted by atomic mass is 35.5. The van der Waals surface area contributed by atoms with Crippen LogP contribution in [0.2, 0.25) is 5.02 Å². The van der Waals surface area contributed by atoms with Crippen molar-refractivity contribution < 1.29 is 27.9 Å². The van der Waals surface area contributed by atoms with Crippen molar-refractivity contribution in [2.75, 3.05) is 64.8 Å². The molecule has 2 saturated heterocycles. The molecule has 0 bridgehead atoms. The van der Waals surface area contributed by atoms with Crippen molar-refractivity contribution in [2.24, 2.45) is 5.92 Å². The van der Waals surface area contributed by atoms with E-state index in [-0.39, 0.29) is 24.9 Å². The summed E-state index contributed by atoms with van der Waals surface area (Å²) in [6.45, 7) is 4.34. The molecular formula is C28H34ClF3N4O3. The monoisotopic (exact) mass is 566 g/mol. The third-order valence-corrected chi connectivity index (χ3v) is 7.97. The largest absolute Gasteiger partial charge is 0.430 e. The average Bonchev–Trinajstić information content (AvgIpc) is 2.92. The Labute approximate surface area is 231 Å². The van der Waals surface area contributed by atoms with Gasteiger partial charge in [-0.2, -0.15) is 13.2 Å². The Bertz CT molecular complexity index is 1160. The van der Waals surface area contributed by atoms with Gasteiger partial charge in [0.25, 0.3) is 17.4 Å². The van der Waals surface area contributed by atoms with E-state index in [1.165, 1.54) is 23.1 Å². The Morgan fingerprint density at radius 2 is 1.59 bits per heavy atom. The van der Waals surface area contributed by atoms with Crippen LogP contribution < -0.4 is 4.90 Å². The second kappa shape index (κ2) is 11.7. The van der Waals surface area contributed by atoms with Gasteiger partial charge >= 0.3 is 6.18 Å². The third kappa shape index (κ3) is 6.18. The second-order valence-electron chi connectivity index (χ2n) is 10.5. The van der Waals surface area contributed by atoms with Gasteiger partial charge in [-0.1, -0.05) is 41.9 Å². The van der Waals surface area contributed by atoms with Gasteiger partial charge in [-0.25, -0.2) is 0 Å². The zero-order chi connectivity index (χ0) is 28.4. The summed E-state index contributed by atoms with van der Waals surface area (Å²) in [7, 11) is 3.36. The number of anilines is 1. The Hall–Kier alpha value is -2.82. The number of hydrogen-bond donors (Lipinski definition) is 1. The maximum Gasteiger partial charge on any atom is 0.430 e. The van der Waals surface area contributed by atoms with E-state index in [2.05, 4.69) is 9.80 Å². The van der Waals surface area contributed by atoms with Crippen molar-refractivity contribution >= 4 is 29.1 Å². The SMILES string of the molecule is CN(C)C(=O)c1ccc(N2CCN(CC3CCN(C(=O)[C@](O)(c4ccccc4)C(F)(F)F)CC3)CC2)cc1Cl. The van der Waals surface area contributed by atoms with E-state index in [0.29, 0.717) is 23.4 Å². The van der Waals surface area contributed by atoms with Gasteiger partial charge in [0.1, 0.15) is 0 Å². The molecule has 0 aliphatic carbocycles. The van der Waals surface area contributed by atoms with Crippen LogP contribution in [0.1, 0.15) is 28.8 Å². The summed E-state index contributed by atoms with van der Waals surface area (Å²) in [6, 6.07) is 12.0. The van der Waals surface area contributed by atoms with Crippen molar-refractivity contribution in [3.8, 4) is 0 Å². The summed E-state index contributed by atoms with van der Waals surface area (Å²) in [5.74, 6) is -1.21. The number of rotatable bonds is 6. The minimum absolute atomic E-state index is 0.146. The van der Waals surface area contributed by atoms with E-state index in [4.69, 9.17) is 11.6 Å². The van der Waals surface area contributed by atoms with Gasteiger partial charge in [-0.15, -0.1) is 0 Å². The molecule has 212 valence electrons. The average molecular weight is 567 g/mol. The first-order chi connectivity index (χ1) is 18.4. The van der Waals surface area contributed by atoms with E-state index < -0.39 is 23.2 Å². The zero-order valence-corrected chi connectivity index (χ0v) is 22.9. The molecule has 4 rings (SSSR count). The molecule has 0 radical (unpaired) electrons. The van der Waals surface area contributed by atoms with Crippen LogP contribution in [0.3, 0.4) is 0 Å². The molecule has 0 unspecified atom stereocenters. The Kier molecular flexibility index (Phi) is 8.78. The van der Waals surface area contributed by atoms with Gasteiger partial charge in [0, 0.05) is 71.2 Å². The summed E-state index contributed by atoms with van der Waals surface area (Å²) in [4.78, 5) is 32.4. The van der Waals surface area contributed by atoms with Gasteiger partial charge in [0.15, 0.2) is 0 Å². The number of halogens is 4. The van der Waals surface area contributed by atoms with E-state index in [9.17, 15) is 27.9 Å². The second-order valence-corrected chi connectivity index (χ2v) is 10.9. The number of benzene rings is 2. The maximum absolute atomic E-state index is 13.9. The molecule has 2 amide bonds. The van der Waals surface area contributed by atoms with Crippen LogP contribution in [0.5, 0.6) is 0 Å². The molecule has 0 spiro atoms. The number of likely N-dealkylation sites (tertiary alicyclic amines) is 1. The highest BCUT2D eigenvalue weighted by Gasteiger charge is 2.62. The molecule has 2 heterocycles. The first kappa shape index (κ1) is 29.2. The lowest BCUT2D eigenvalue weighted by Gasteiger charge is -2.41. The minimum atomic E-state index is -5.13. The van der Waals surface area contributed by atoms with Crippen LogP contribution in [-0.2, 0) is 10.4 Å². The highest BCUT2D eigenvalue weighted by Crippen LogP contribution is 2.41. The number of piperazine rings is 1. The molecule has 0 aromatic heterocycles. The van der Waals surface area contributed by atoms with Gasteiger partial charge in [-0.05, 0) is 37.0 Å². The molecule has 1 atom stereocenters. The molecular weight excluding hydrogens is 533 g/mol. The fourth-order valence-electron chi connectivity index (χ4n) is 5.30. The molecule has 7 nitrogen and oxygen atoms in total. The number of alkyl halides is 3. The predicted molar refractivity (Wildman–Crippen MR) is 144 cm³/mol. The standard InChI is InChI=1S/C28H34ClF3N4O3/c1-33(2)25(37)23-9-8-22(18-24(23)29)35-16-14-34(15-17-35)19-20-10-12-36(13-11-20)26(38)27(39,28(30,31)32)21-6-4-3-5-7-21/h3-9,18,20,39H,10-17,19H2,1-2H3/t27-/m1/s1. The molecule has 1 N–H and O–H groups in total. The van der Waals surface area contributed by atoms with Gasteiger partial charge < -0.3 is 19.8 Å². The van der Waals surface area contributed by atoms with Crippen molar-refractivity contribution in [3.63, 3.8) is 0 Å². The van der Waals surface area contributed by atoms with Crippen molar-refractivity contribution in [1.29, 1.82) is 0 Å². The molecule has 2 fully saturated rings. The highest BCUT2D eigenvalue weighted by molar-refractivity contribution is 6.34. The summed E-state index contributed by atoms with van der Waals surface area (Å²) in [6.07, 6.45) is -3.98. The smallest absolute Gasteiger partial charge is 0.369 e. The van der Waals surface area contributed by atoms with Gasteiger partial charge in [-0.3, -0.25) is 14.5 Å². The zero-order valence-electron chi connectivity index (χ0n) is 22.1. The lowest BCUT2D eigenvalue weighted by molar-refractivity contribution is -0.262. The summed E-state index contributed by atoms with van der Waals surface area (Å²) in [5.41, 5.74) is -2.61. The molecule has 11 heteroatoms. The first-order valence-corrected chi connectivity index (χ1v) is 13.4. The summed E-state index contributed by atoms with van der Waals surface area (Å²) < 4.78 is 41.7. The van der Waals surface area contributed by atoms with E-state index in [0.717, 1.165) is 55.4 Å². The number of nitrogens with zero attached hydrogens (tertiary/aromatic N) is 4. The molecule has 0 saturated carbocycles. The minimum Gasteiger partial charge on any atom is -0.369 e. The number of aliphatic hydroxyl groups is 1. The predicted octanol–water partition coefficient (Wildman–Crippen LogP) is 3.85. The Balaban J connectivity index is 1.29. The topological polar surface area (TPSA) is 67.3 Å². The fourth-order valence-corrected chi connectivity index (χ4v) is 5.56. The van der Waals surface area contributed by atoms with Crippen LogP contribution >= 0.6 is 11.6 Å². The van der Waals surface area contributed by atoms with Crippen LogP contribution in [0.4, 0.5) is 18.9 Å². The molecule has 2 aliphatic rings. The summed E-state index contributed by atoms with van der Waals surface area (Å²) in [5, 5.41) is 11.0. The Morgan fingerprint density at radius 1 is 0.974 bits per heavy atom. The van der Waals surface area contributed by atoms with E-state index in [1.54, 1.807) is 20.2 Å². The van der Waals surface area contributed by atoms with Gasteiger partial charge in [0.05, 0.1) is 10.6 Å². The lowest BCUT2D eigenvalue weighted by Crippen LogP contribution is -2.57. The molecule has 2 aromatic rings. The van der Waals surface area contributed by atoms with Gasteiger partial charge in [0.2, 0.25) is 0 Å². The number of hydrogen-bond acceptors (Lipinski definition) is 5. The number of carbonyl (C=O) groups excluding carboxylic acids is 2. The maximum atomic E-state index is 13.9. The van der Waals surface area contributed by atoms with E-state index >= 15 is 0 Å². The van der Waals surface area contributed by atoms with Crippen molar-refractivity contribution in [1.82, 2.24) is 14.7 Å². The Morgan fingerprint density at radius 3 is 2.13 bits per heavy atom. The summed E-state index contributed by atoms with van der Waals surface area (Å²) >= 11 is 6.38. The van der Waals surface area contributed by atoms with E-state index in [1.807, 2.05) is 12.1 Å². The lowest BCUT2D eigenvalue weighted by atomic mass is 9.89. The molecule has 39 heavy (non-hydrogen) atoms. The normalized spacial score (nSPS) is 19.1. The number of amides is 2.